The lowest BCUT2D eigenvalue weighted by Gasteiger charge is -2.32. The standard InChI is InChI=1S/C22H26N4O.CH4/c1-15-7-8-19-21(24-15)20-17-6-4-11-25(17)12-9-18(20)26(19)14-22(2,27)16-5-3-10-23-13-16;/h3,5,7-8,10,13,17,27H,4,6,9,11-12,14H2,1-2H3;1H4. The molecule has 0 amide bonds. The number of pyridine rings is 2. The van der Waals surface area contributed by atoms with E-state index in [9.17, 15) is 5.11 Å². The SMILES string of the molecule is C.Cc1ccc2c(n1)c1c(n2CC(C)(O)c2cccnc2)CCN2CCCC12. The fraction of sp³-hybridized carbons (Fsp3) is 0.478. The summed E-state index contributed by atoms with van der Waals surface area (Å²) >= 11 is 0. The monoisotopic (exact) mass is 378 g/mol. The Kier molecular flexibility index (Phi) is 4.76. The fourth-order valence-electron chi connectivity index (χ4n) is 4.94. The van der Waals surface area contributed by atoms with Gasteiger partial charge in [-0.05, 0) is 51.4 Å². The van der Waals surface area contributed by atoms with Crippen LogP contribution >= 0.6 is 0 Å². The van der Waals surface area contributed by atoms with Gasteiger partial charge in [-0.1, -0.05) is 13.5 Å². The van der Waals surface area contributed by atoms with E-state index in [0.29, 0.717) is 12.6 Å². The van der Waals surface area contributed by atoms with E-state index in [1.54, 1.807) is 12.4 Å². The summed E-state index contributed by atoms with van der Waals surface area (Å²) in [5.74, 6) is 0. The van der Waals surface area contributed by atoms with Crippen molar-refractivity contribution in [1.82, 2.24) is 19.4 Å². The molecule has 2 atom stereocenters. The van der Waals surface area contributed by atoms with Crippen LogP contribution in [-0.2, 0) is 18.6 Å². The topological polar surface area (TPSA) is 54.2 Å². The van der Waals surface area contributed by atoms with E-state index in [4.69, 9.17) is 4.98 Å². The molecule has 1 fully saturated rings. The maximum atomic E-state index is 11.3. The smallest absolute Gasteiger partial charge is 0.106 e. The van der Waals surface area contributed by atoms with Gasteiger partial charge in [0.05, 0.1) is 17.6 Å². The summed E-state index contributed by atoms with van der Waals surface area (Å²) in [6.07, 6.45) is 6.99. The number of hydrogen-bond acceptors (Lipinski definition) is 4. The van der Waals surface area contributed by atoms with Crippen molar-refractivity contribution < 1.29 is 5.11 Å². The molecular formula is C23H30N4O. The molecule has 1 saturated heterocycles. The minimum atomic E-state index is -0.980. The zero-order chi connectivity index (χ0) is 18.6. The molecule has 5 rings (SSSR count). The summed E-state index contributed by atoms with van der Waals surface area (Å²) in [6.45, 7) is 6.75. The molecule has 0 spiro atoms. The van der Waals surface area contributed by atoms with Crippen molar-refractivity contribution in [2.75, 3.05) is 13.1 Å². The van der Waals surface area contributed by atoms with Gasteiger partial charge in [0.15, 0.2) is 0 Å². The van der Waals surface area contributed by atoms with Gasteiger partial charge < -0.3 is 9.67 Å². The minimum absolute atomic E-state index is 0. The third-order valence-electron chi connectivity index (χ3n) is 6.28. The Labute approximate surface area is 167 Å². The number of hydrogen-bond donors (Lipinski definition) is 1. The largest absolute Gasteiger partial charge is 0.384 e. The molecule has 0 aliphatic carbocycles. The summed E-state index contributed by atoms with van der Waals surface area (Å²) in [6, 6.07) is 8.57. The second kappa shape index (κ2) is 6.98. The van der Waals surface area contributed by atoms with Crippen molar-refractivity contribution in [2.45, 2.75) is 58.7 Å². The highest BCUT2D eigenvalue weighted by atomic mass is 16.3. The second-order valence-corrected chi connectivity index (χ2v) is 8.23. The molecule has 5 heterocycles. The van der Waals surface area contributed by atoms with Crippen LogP contribution in [0.4, 0.5) is 0 Å². The molecule has 0 radical (unpaired) electrons. The van der Waals surface area contributed by atoms with Crippen molar-refractivity contribution in [1.29, 1.82) is 0 Å². The van der Waals surface area contributed by atoms with Gasteiger partial charge in [-0.2, -0.15) is 0 Å². The number of aromatic nitrogens is 3. The molecule has 0 aromatic carbocycles. The average Bonchev–Trinajstić information content (AvgIpc) is 3.25. The van der Waals surface area contributed by atoms with Gasteiger partial charge in [0.1, 0.15) is 5.60 Å². The van der Waals surface area contributed by atoms with Crippen molar-refractivity contribution in [2.24, 2.45) is 0 Å². The summed E-state index contributed by atoms with van der Waals surface area (Å²) in [7, 11) is 0. The number of aryl methyl sites for hydroxylation is 1. The Balaban J connectivity index is 0.00000192. The number of nitrogens with zero attached hydrogens (tertiary/aromatic N) is 4. The van der Waals surface area contributed by atoms with Gasteiger partial charge in [0.25, 0.3) is 0 Å². The van der Waals surface area contributed by atoms with Crippen LogP contribution in [0.15, 0.2) is 36.7 Å². The first-order valence-electron chi connectivity index (χ1n) is 9.90. The van der Waals surface area contributed by atoms with Crippen molar-refractivity contribution in [3.05, 3.63) is 59.2 Å². The second-order valence-electron chi connectivity index (χ2n) is 8.23. The molecule has 5 nitrogen and oxygen atoms in total. The molecule has 0 bridgehead atoms. The molecule has 3 aromatic rings. The molecule has 2 unspecified atom stereocenters. The van der Waals surface area contributed by atoms with E-state index in [2.05, 4.69) is 33.5 Å². The Morgan fingerprint density at radius 3 is 2.89 bits per heavy atom. The lowest BCUT2D eigenvalue weighted by molar-refractivity contribution is 0.0380. The van der Waals surface area contributed by atoms with E-state index in [1.807, 2.05) is 19.1 Å². The summed E-state index contributed by atoms with van der Waals surface area (Å²) in [5.41, 5.74) is 5.95. The predicted molar refractivity (Wildman–Crippen MR) is 112 cm³/mol. The van der Waals surface area contributed by atoms with Crippen LogP contribution in [0.2, 0.25) is 0 Å². The quantitative estimate of drug-likeness (QED) is 0.749. The predicted octanol–water partition coefficient (Wildman–Crippen LogP) is 3.98. The molecular weight excluding hydrogens is 348 g/mol. The Morgan fingerprint density at radius 1 is 1.25 bits per heavy atom. The van der Waals surface area contributed by atoms with Crippen LogP contribution in [0.1, 0.15) is 55.7 Å². The zero-order valence-electron chi connectivity index (χ0n) is 16.0. The highest BCUT2D eigenvalue weighted by Gasteiger charge is 2.37. The van der Waals surface area contributed by atoms with E-state index in [-0.39, 0.29) is 7.43 Å². The Hall–Kier alpha value is -2.24. The summed E-state index contributed by atoms with van der Waals surface area (Å²) in [5, 5.41) is 11.3. The fourth-order valence-corrected chi connectivity index (χ4v) is 4.94. The average molecular weight is 379 g/mol. The van der Waals surface area contributed by atoms with E-state index in [1.165, 1.54) is 30.6 Å². The summed E-state index contributed by atoms with van der Waals surface area (Å²) in [4.78, 5) is 11.7. The molecule has 148 valence electrons. The molecule has 2 aliphatic rings. The van der Waals surface area contributed by atoms with Crippen LogP contribution < -0.4 is 0 Å². The van der Waals surface area contributed by atoms with Crippen molar-refractivity contribution in [3.8, 4) is 0 Å². The first kappa shape index (κ1) is 19.1. The minimum Gasteiger partial charge on any atom is -0.384 e. The van der Waals surface area contributed by atoms with Crippen LogP contribution in [0.5, 0.6) is 0 Å². The van der Waals surface area contributed by atoms with Crippen molar-refractivity contribution >= 4 is 11.0 Å². The molecule has 28 heavy (non-hydrogen) atoms. The highest BCUT2D eigenvalue weighted by Crippen LogP contribution is 2.43. The van der Waals surface area contributed by atoms with E-state index < -0.39 is 5.60 Å². The Morgan fingerprint density at radius 2 is 2.11 bits per heavy atom. The lowest BCUT2D eigenvalue weighted by Crippen LogP contribution is -2.33. The molecule has 3 aromatic heterocycles. The van der Waals surface area contributed by atoms with Gasteiger partial charge in [-0.25, -0.2) is 0 Å². The molecule has 5 heteroatoms. The van der Waals surface area contributed by atoms with Crippen LogP contribution in [0.25, 0.3) is 11.0 Å². The van der Waals surface area contributed by atoms with Gasteiger partial charge in [-0.15, -0.1) is 0 Å². The van der Waals surface area contributed by atoms with E-state index >= 15 is 0 Å². The lowest BCUT2D eigenvalue weighted by atomic mass is 9.96. The third-order valence-corrected chi connectivity index (χ3v) is 6.28. The first-order valence-corrected chi connectivity index (χ1v) is 9.90. The first-order chi connectivity index (χ1) is 13.0. The summed E-state index contributed by atoms with van der Waals surface area (Å²) < 4.78 is 2.32. The number of fused-ring (bicyclic) bond motifs is 5. The Bertz CT molecular complexity index is 993. The van der Waals surface area contributed by atoms with Crippen LogP contribution in [0, 0.1) is 6.92 Å². The van der Waals surface area contributed by atoms with Crippen molar-refractivity contribution in [3.63, 3.8) is 0 Å². The maximum absolute atomic E-state index is 11.3. The number of rotatable bonds is 3. The molecule has 1 N–H and O–H groups in total. The third kappa shape index (κ3) is 2.93. The van der Waals surface area contributed by atoms with Crippen LogP contribution in [-0.4, -0.2) is 37.6 Å². The molecule has 2 aliphatic heterocycles. The molecule has 0 saturated carbocycles. The van der Waals surface area contributed by atoms with E-state index in [0.717, 1.165) is 35.3 Å². The van der Waals surface area contributed by atoms with Gasteiger partial charge in [-0.3, -0.25) is 14.9 Å². The van der Waals surface area contributed by atoms with Gasteiger partial charge >= 0.3 is 0 Å². The highest BCUT2D eigenvalue weighted by molar-refractivity contribution is 5.83. The number of aliphatic hydroxyl groups is 1. The maximum Gasteiger partial charge on any atom is 0.106 e. The van der Waals surface area contributed by atoms with Crippen LogP contribution in [0.3, 0.4) is 0 Å². The normalized spacial score (nSPS) is 21.0. The zero-order valence-corrected chi connectivity index (χ0v) is 16.0. The van der Waals surface area contributed by atoms with Gasteiger partial charge in [0.2, 0.25) is 0 Å². The van der Waals surface area contributed by atoms with Gasteiger partial charge in [0, 0.05) is 53.9 Å².